The molecule has 20 heavy (non-hydrogen) atoms. The zero-order chi connectivity index (χ0) is 14.9. The van der Waals surface area contributed by atoms with Crippen LogP contribution in [0.15, 0.2) is 30.5 Å². The maximum Gasteiger partial charge on any atom is 0.419 e. The fourth-order valence-corrected chi connectivity index (χ4v) is 2.08. The summed E-state index contributed by atoms with van der Waals surface area (Å²) in [5.74, 6) is -0.340. The van der Waals surface area contributed by atoms with Crippen LogP contribution < -0.4 is 0 Å². The number of benzene rings is 1. The van der Waals surface area contributed by atoms with Gasteiger partial charge >= 0.3 is 6.09 Å². The highest BCUT2D eigenvalue weighted by atomic mass is 35.5. The van der Waals surface area contributed by atoms with Crippen LogP contribution in [0.5, 0.6) is 0 Å². The van der Waals surface area contributed by atoms with Gasteiger partial charge in [0.05, 0.1) is 11.4 Å². The number of rotatable bonds is 2. The van der Waals surface area contributed by atoms with Crippen molar-refractivity contribution < 1.29 is 14.3 Å². The molecule has 0 aliphatic rings. The maximum atomic E-state index is 12.2. The van der Waals surface area contributed by atoms with E-state index in [1.807, 2.05) is 6.07 Å². The smallest absolute Gasteiger partial charge is 0.419 e. The molecular formula is C15H16ClNO3. The number of alkyl halides is 1. The Morgan fingerprint density at radius 1 is 1.25 bits per heavy atom. The number of para-hydroxylation sites is 1. The molecule has 0 amide bonds. The monoisotopic (exact) mass is 293 g/mol. The molecule has 106 valence electrons. The molecule has 1 heterocycles. The Kier molecular flexibility index (Phi) is 3.86. The summed E-state index contributed by atoms with van der Waals surface area (Å²) in [5, 5.41) is 0.698. The average molecular weight is 294 g/mol. The molecule has 0 unspecified atom stereocenters. The van der Waals surface area contributed by atoms with Crippen LogP contribution in [0.1, 0.15) is 31.1 Å². The Hall–Kier alpha value is -1.81. The highest BCUT2D eigenvalue weighted by molar-refractivity contribution is 6.32. The fraction of sp³-hybridized carbons (Fsp3) is 0.333. The van der Waals surface area contributed by atoms with E-state index < -0.39 is 11.7 Å². The third-order valence-electron chi connectivity index (χ3n) is 2.72. The predicted molar refractivity (Wildman–Crippen MR) is 78.6 cm³/mol. The van der Waals surface area contributed by atoms with Crippen molar-refractivity contribution in [3.8, 4) is 0 Å². The Labute approximate surface area is 122 Å². The molecule has 0 bridgehead atoms. The van der Waals surface area contributed by atoms with Crippen molar-refractivity contribution in [3.63, 3.8) is 0 Å². The van der Waals surface area contributed by atoms with Gasteiger partial charge in [-0.25, -0.2) is 4.79 Å². The Morgan fingerprint density at radius 2 is 1.90 bits per heavy atom. The Bertz CT molecular complexity index is 667. The molecule has 0 aliphatic carbocycles. The lowest BCUT2D eigenvalue weighted by atomic mass is 10.1. The standard InChI is InChI=1S/C15H16ClNO3/c1-15(2,3)20-14(19)17-9-11(13(18)8-16)10-6-4-5-7-12(10)17/h4-7,9H,8H2,1-3H3. The number of hydrogen-bond donors (Lipinski definition) is 0. The minimum atomic E-state index is -0.598. The van der Waals surface area contributed by atoms with E-state index in [0.29, 0.717) is 16.5 Å². The van der Waals surface area contributed by atoms with Gasteiger partial charge in [0.25, 0.3) is 0 Å². The van der Waals surface area contributed by atoms with E-state index in [2.05, 4.69) is 0 Å². The number of nitrogens with zero attached hydrogens (tertiary/aromatic N) is 1. The van der Waals surface area contributed by atoms with Crippen LogP contribution in [0.4, 0.5) is 4.79 Å². The highest BCUT2D eigenvalue weighted by Gasteiger charge is 2.22. The summed E-state index contributed by atoms with van der Waals surface area (Å²) in [6, 6.07) is 7.17. The first-order valence-corrected chi connectivity index (χ1v) is 6.79. The van der Waals surface area contributed by atoms with Crippen LogP contribution in [0.3, 0.4) is 0 Å². The van der Waals surface area contributed by atoms with E-state index in [1.165, 1.54) is 10.8 Å². The van der Waals surface area contributed by atoms with E-state index in [1.54, 1.807) is 39.0 Å². The molecule has 0 N–H and O–H groups in total. The lowest BCUT2D eigenvalue weighted by molar-refractivity contribution is 0.0544. The second kappa shape index (κ2) is 5.29. The van der Waals surface area contributed by atoms with Gasteiger partial charge in [-0.1, -0.05) is 18.2 Å². The summed E-state index contributed by atoms with van der Waals surface area (Å²) in [7, 11) is 0. The van der Waals surface area contributed by atoms with Gasteiger partial charge in [0, 0.05) is 17.1 Å². The number of carbonyl (C=O) groups is 2. The quantitative estimate of drug-likeness (QED) is 0.624. The number of Topliss-reactive ketones (excluding diaryl/α,β-unsaturated/α-hetero) is 1. The van der Waals surface area contributed by atoms with Crippen LogP contribution in [-0.4, -0.2) is 27.9 Å². The number of hydrogen-bond acceptors (Lipinski definition) is 3. The molecule has 0 saturated carbocycles. The summed E-state index contributed by atoms with van der Waals surface area (Å²) in [4.78, 5) is 24.0. The molecule has 1 aromatic carbocycles. The van der Waals surface area contributed by atoms with E-state index >= 15 is 0 Å². The normalized spacial score (nSPS) is 11.6. The first-order valence-electron chi connectivity index (χ1n) is 6.26. The molecule has 0 aliphatic heterocycles. The topological polar surface area (TPSA) is 48.3 Å². The number of fused-ring (bicyclic) bond motifs is 1. The molecule has 4 nitrogen and oxygen atoms in total. The molecule has 2 rings (SSSR count). The Morgan fingerprint density at radius 3 is 2.50 bits per heavy atom. The maximum absolute atomic E-state index is 12.2. The number of aromatic nitrogens is 1. The van der Waals surface area contributed by atoms with E-state index in [4.69, 9.17) is 16.3 Å². The highest BCUT2D eigenvalue weighted by Crippen LogP contribution is 2.23. The van der Waals surface area contributed by atoms with Gasteiger partial charge in [-0.2, -0.15) is 0 Å². The zero-order valence-corrected chi connectivity index (χ0v) is 12.4. The molecule has 0 radical (unpaired) electrons. The van der Waals surface area contributed by atoms with Gasteiger partial charge in [-0.3, -0.25) is 9.36 Å². The molecule has 1 aromatic heterocycles. The van der Waals surface area contributed by atoms with Crippen LogP contribution in [0.2, 0.25) is 0 Å². The lowest BCUT2D eigenvalue weighted by Gasteiger charge is -2.19. The van der Waals surface area contributed by atoms with Gasteiger partial charge in [0.1, 0.15) is 5.60 Å². The summed E-state index contributed by atoms with van der Waals surface area (Å²) in [6.07, 6.45) is 0.978. The Balaban J connectivity index is 2.54. The van der Waals surface area contributed by atoms with Crippen molar-refractivity contribution in [2.45, 2.75) is 26.4 Å². The SMILES string of the molecule is CC(C)(C)OC(=O)n1cc(C(=O)CCl)c2ccccc21. The first-order chi connectivity index (χ1) is 9.33. The third kappa shape index (κ3) is 2.85. The molecule has 0 atom stereocenters. The van der Waals surface area contributed by atoms with Gasteiger partial charge in [-0.15, -0.1) is 11.6 Å². The van der Waals surface area contributed by atoms with Gasteiger partial charge < -0.3 is 4.74 Å². The minimum absolute atomic E-state index is 0.123. The van der Waals surface area contributed by atoms with Crippen LogP contribution >= 0.6 is 11.6 Å². The summed E-state index contributed by atoms with van der Waals surface area (Å²) in [5.41, 5.74) is 0.468. The van der Waals surface area contributed by atoms with E-state index in [9.17, 15) is 9.59 Å². The molecule has 5 heteroatoms. The second-order valence-corrected chi connectivity index (χ2v) is 5.73. The van der Waals surface area contributed by atoms with E-state index in [-0.39, 0.29) is 11.7 Å². The molecule has 0 spiro atoms. The van der Waals surface area contributed by atoms with Crippen molar-refractivity contribution in [2.24, 2.45) is 0 Å². The number of ketones is 1. The molecule has 0 fully saturated rings. The molecular weight excluding hydrogens is 278 g/mol. The van der Waals surface area contributed by atoms with Crippen molar-refractivity contribution in [1.82, 2.24) is 4.57 Å². The van der Waals surface area contributed by atoms with Gasteiger partial charge in [0.2, 0.25) is 0 Å². The van der Waals surface area contributed by atoms with Crippen molar-refractivity contribution in [3.05, 3.63) is 36.0 Å². The first kappa shape index (κ1) is 14.6. The number of ether oxygens (including phenoxy) is 1. The van der Waals surface area contributed by atoms with Gasteiger partial charge in [0.15, 0.2) is 5.78 Å². The average Bonchev–Trinajstić information content (AvgIpc) is 2.75. The predicted octanol–water partition coefficient (Wildman–Crippen LogP) is 3.85. The van der Waals surface area contributed by atoms with E-state index in [0.717, 1.165) is 0 Å². The van der Waals surface area contributed by atoms with Crippen molar-refractivity contribution in [1.29, 1.82) is 0 Å². The molecule has 0 saturated heterocycles. The molecule has 2 aromatic rings. The van der Waals surface area contributed by atoms with Crippen molar-refractivity contribution in [2.75, 3.05) is 5.88 Å². The largest absolute Gasteiger partial charge is 0.443 e. The number of halogens is 1. The number of carbonyl (C=O) groups excluding carboxylic acids is 2. The van der Waals surface area contributed by atoms with Crippen LogP contribution in [-0.2, 0) is 4.74 Å². The fourth-order valence-electron chi connectivity index (χ4n) is 1.94. The summed E-state index contributed by atoms with van der Waals surface area (Å²) >= 11 is 5.61. The second-order valence-electron chi connectivity index (χ2n) is 5.47. The van der Waals surface area contributed by atoms with Crippen LogP contribution in [0.25, 0.3) is 10.9 Å². The minimum Gasteiger partial charge on any atom is -0.443 e. The third-order valence-corrected chi connectivity index (χ3v) is 2.97. The zero-order valence-electron chi connectivity index (χ0n) is 11.6. The summed E-state index contributed by atoms with van der Waals surface area (Å²) in [6.45, 7) is 5.38. The summed E-state index contributed by atoms with van der Waals surface area (Å²) < 4.78 is 6.69. The van der Waals surface area contributed by atoms with Crippen LogP contribution in [0, 0.1) is 0 Å². The lowest BCUT2D eigenvalue weighted by Crippen LogP contribution is -2.26. The van der Waals surface area contributed by atoms with Gasteiger partial charge in [-0.05, 0) is 26.8 Å². The van der Waals surface area contributed by atoms with Crippen molar-refractivity contribution >= 4 is 34.4 Å².